The van der Waals surface area contributed by atoms with E-state index in [1.54, 1.807) is 0 Å². The van der Waals surface area contributed by atoms with E-state index in [0.29, 0.717) is 18.6 Å². The Morgan fingerprint density at radius 1 is 1.00 bits per heavy atom. The minimum Gasteiger partial charge on any atom is -0.312 e. The van der Waals surface area contributed by atoms with Gasteiger partial charge in [0.1, 0.15) is 5.78 Å². The minimum absolute atomic E-state index is 0.0780. The Morgan fingerprint density at radius 2 is 1.55 bits per heavy atom. The fourth-order valence-electron chi connectivity index (χ4n) is 2.02. The Labute approximate surface area is 124 Å². The van der Waals surface area contributed by atoms with Crippen molar-refractivity contribution in [2.24, 2.45) is 0 Å². The third kappa shape index (κ3) is 6.33. The van der Waals surface area contributed by atoms with Gasteiger partial charge >= 0.3 is 0 Å². The summed E-state index contributed by atoms with van der Waals surface area (Å²) in [6.45, 7) is 13.7. The second-order valence-electron chi connectivity index (χ2n) is 7.59. The van der Waals surface area contributed by atoms with Crippen LogP contribution in [0.4, 0.5) is 0 Å². The van der Waals surface area contributed by atoms with Crippen LogP contribution >= 0.6 is 0 Å². The Morgan fingerprint density at radius 3 is 2.00 bits per heavy atom. The molecular weight excluding hydrogens is 246 g/mol. The predicted octanol–water partition coefficient (Wildman–Crippen LogP) is 3.87. The molecule has 1 N–H and O–H groups in total. The molecule has 0 aliphatic carbocycles. The molecular formula is C18H29NO. The van der Waals surface area contributed by atoms with Gasteiger partial charge < -0.3 is 5.32 Å². The Balaban J connectivity index is 2.47. The zero-order valence-corrected chi connectivity index (χ0v) is 13.8. The second kappa shape index (κ2) is 6.53. The Hall–Kier alpha value is -1.15. The summed E-state index contributed by atoms with van der Waals surface area (Å²) in [4.78, 5) is 11.9. The zero-order chi connectivity index (χ0) is 15.4. The summed E-state index contributed by atoms with van der Waals surface area (Å²) in [7, 11) is 0. The standard InChI is InChI=1S/C18H29NO/c1-17(2,3)15-9-7-14(8-10-15)13-16(20)11-12-19-18(4,5)6/h7-10,19H,11-13H2,1-6H3. The van der Waals surface area contributed by atoms with Gasteiger partial charge in [0.25, 0.3) is 0 Å². The van der Waals surface area contributed by atoms with E-state index in [2.05, 4.69) is 71.1 Å². The van der Waals surface area contributed by atoms with Crippen LogP contribution in [-0.2, 0) is 16.6 Å². The van der Waals surface area contributed by atoms with E-state index in [9.17, 15) is 4.79 Å². The number of ketones is 1. The SMILES string of the molecule is CC(C)(C)NCCC(=O)Cc1ccc(C(C)(C)C)cc1. The summed E-state index contributed by atoms with van der Waals surface area (Å²) < 4.78 is 0. The number of carbonyl (C=O) groups excluding carboxylic acids is 1. The third-order valence-electron chi connectivity index (χ3n) is 3.28. The lowest BCUT2D eigenvalue weighted by molar-refractivity contribution is -0.118. The first kappa shape index (κ1) is 16.9. The van der Waals surface area contributed by atoms with Crippen LogP contribution in [0.1, 0.15) is 59.1 Å². The van der Waals surface area contributed by atoms with Gasteiger partial charge in [-0.2, -0.15) is 0 Å². The molecule has 2 nitrogen and oxygen atoms in total. The molecule has 0 aliphatic rings. The lowest BCUT2D eigenvalue weighted by Crippen LogP contribution is -2.37. The van der Waals surface area contributed by atoms with E-state index in [1.165, 1.54) is 5.56 Å². The van der Waals surface area contributed by atoms with Gasteiger partial charge in [-0.25, -0.2) is 0 Å². The van der Waals surface area contributed by atoms with Crippen molar-refractivity contribution in [2.75, 3.05) is 6.54 Å². The van der Waals surface area contributed by atoms with E-state index < -0.39 is 0 Å². The maximum atomic E-state index is 11.9. The van der Waals surface area contributed by atoms with Gasteiger partial charge in [0.05, 0.1) is 0 Å². The quantitative estimate of drug-likeness (QED) is 0.883. The molecule has 0 aliphatic heterocycles. The average molecular weight is 275 g/mol. The van der Waals surface area contributed by atoms with Crippen LogP contribution < -0.4 is 5.32 Å². The highest BCUT2D eigenvalue weighted by atomic mass is 16.1. The van der Waals surface area contributed by atoms with Crippen molar-refractivity contribution in [1.82, 2.24) is 5.32 Å². The first-order valence-electron chi connectivity index (χ1n) is 7.44. The second-order valence-corrected chi connectivity index (χ2v) is 7.59. The molecule has 0 saturated carbocycles. The van der Waals surface area contributed by atoms with Crippen LogP contribution in [-0.4, -0.2) is 17.9 Å². The average Bonchev–Trinajstić information content (AvgIpc) is 2.26. The van der Waals surface area contributed by atoms with Crippen molar-refractivity contribution in [3.05, 3.63) is 35.4 Å². The summed E-state index contributed by atoms with van der Waals surface area (Å²) in [5.41, 5.74) is 2.66. The van der Waals surface area contributed by atoms with Crippen LogP contribution in [0.15, 0.2) is 24.3 Å². The number of nitrogens with one attached hydrogen (secondary N) is 1. The zero-order valence-electron chi connectivity index (χ0n) is 13.8. The van der Waals surface area contributed by atoms with Crippen LogP contribution in [0.3, 0.4) is 0 Å². The predicted molar refractivity (Wildman–Crippen MR) is 86.2 cm³/mol. The number of rotatable bonds is 5. The molecule has 0 aromatic heterocycles. The molecule has 112 valence electrons. The lowest BCUT2D eigenvalue weighted by atomic mass is 9.86. The van der Waals surface area contributed by atoms with Gasteiger partial charge in [-0.3, -0.25) is 4.79 Å². The molecule has 2 heteroatoms. The molecule has 1 aromatic carbocycles. The van der Waals surface area contributed by atoms with E-state index in [0.717, 1.165) is 12.1 Å². The first-order chi connectivity index (χ1) is 9.08. The molecule has 0 bridgehead atoms. The monoisotopic (exact) mass is 275 g/mol. The van der Waals surface area contributed by atoms with Crippen LogP contribution in [0.5, 0.6) is 0 Å². The lowest BCUT2D eigenvalue weighted by Gasteiger charge is -2.20. The molecule has 0 radical (unpaired) electrons. The largest absolute Gasteiger partial charge is 0.312 e. The molecule has 1 aromatic rings. The highest BCUT2D eigenvalue weighted by molar-refractivity contribution is 5.81. The summed E-state index contributed by atoms with van der Waals surface area (Å²) in [6, 6.07) is 8.43. The molecule has 0 unspecified atom stereocenters. The van der Waals surface area contributed by atoms with E-state index in [1.807, 2.05) is 0 Å². The van der Waals surface area contributed by atoms with Gasteiger partial charge in [-0.15, -0.1) is 0 Å². The highest BCUT2D eigenvalue weighted by Gasteiger charge is 2.14. The molecule has 0 fully saturated rings. The van der Waals surface area contributed by atoms with Gasteiger partial charge in [-0.1, -0.05) is 45.0 Å². The number of Topliss-reactive ketones (excluding diaryl/α,β-unsaturated/α-hetero) is 1. The normalized spacial score (nSPS) is 12.5. The van der Waals surface area contributed by atoms with Crippen molar-refractivity contribution < 1.29 is 4.79 Å². The number of carbonyl (C=O) groups is 1. The Bertz CT molecular complexity index is 432. The highest BCUT2D eigenvalue weighted by Crippen LogP contribution is 2.22. The first-order valence-corrected chi connectivity index (χ1v) is 7.44. The van der Waals surface area contributed by atoms with E-state index >= 15 is 0 Å². The van der Waals surface area contributed by atoms with Crippen molar-refractivity contribution in [3.63, 3.8) is 0 Å². The molecule has 0 heterocycles. The topological polar surface area (TPSA) is 29.1 Å². The van der Waals surface area contributed by atoms with Crippen molar-refractivity contribution in [3.8, 4) is 0 Å². The molecule has 1 rings (SSSR count). The van der Waals surface area contributed by atoms with Crippen molar-refractivity contribution in [2.45, 2.75) is 65.3 Å². The van der Waals surface area contributed by atoms with E-state index in [-0.39, 0.29) is 11.0 Å². The summed E-state index contributed by atoms with van der Waals surface area (Å²) in [5, 5.41) is 3.35. The smallest absolute Gasteiger partial charge is 0.138 e. The van der Waals surface area contributed by atoms with Gasteiger partial charge in [-0.05, 0) is 37.3 Å². The molecule has 0 saturated heterocycles. The van der Waals surface area contributed by atoms with Gasteiger partial charge in [0.15, 0.2) is 0 Å². The van der Waals surface area contributed by atoms with Crippen molar-refractivity contribution in [1.29, 1.82) is 0 Å². The fourth-order valence-corrected chi connectivity index (χ4v) is 2.02. The van der Waals surface area contributed by atoms with Crippen LogP contribution in [0.2, 0.25) is 0 Å². The maximum absolute atomic E-state index is 11.9. The maximum Gasteiger partial charge on any atom is 0.138 e. The number of hydrogen-bond donors (Lipinski definition) is 1. The molecule has 0 spiro atoms. The van der Waals surface area contributed by atoms with Crippen LogP contribution in [0.25, 0.3) is 0 Å². The minimum atomic E-state index is 0.0780. The number of hydrogen-bond acceptors (Lipinski definition) is 2. The molecule has 20 heavy (non-hydrogen) atoms. The Kier molecular flexibility index (Phi) is 5.52. The third-order valence-corrected chi connectivity index (χ3v) is 3.28. The van der Waals surface area contributed by atoms with Crippen molar-refractivity contribution >= 4 is 5.78 Å². The summed E-state index contributed by atoms with van der Waals surface area (Å²) >= 11 is 0. The summed E-state index contributed by atoms with van der Waals surface area (Å²) in [6.07, 6.45) is 1.13. The van der Waals surface area contributed by atoms with Crippen LogP contribution in [0, 0.1) is 0 Å². The van der Waals surface area contributed by atoms with Gasteiger partial charge in [0.2, 0.25) is 0 Å². The molecule has 0 atom stereocenters. The van der Waals surface area contributed by atoms with E-state index in [4.69, 9.17) is 0 Å². The number of benzene rings is 1. The van der Waals surface area contributed by atoms with Gasteiger partial charge in [0, 0.05) is 24.9 Å². The fraction of sp³-hybridized carbons (Fsp3) is 0.611. The summed E-state index contributed by atoms with van der Waals surface area (Å²) in [5.74, 6) is 0.297. The molecule has 0 amide bonds.